The fraction of sp³-hybridized carbons (Fsp3) is 0.176. The number of amides is 1. The third kappa shape index (κ3) is 2.79. The summed E-state index contributed by atoms with van der Waals surface area (Å²) in [6, 6.07) is 13.6. The average molecular weight is 280 g/mol. The number of anilines is 1. The second-order valence-corrected chi connectivity index (χ2v) is 4.93. The van der Waals surface area contributed by atoms with Gasteiger partial charge in [0.15, 0.2) is 5.58 Å². The highest BCUT2D eigenvalue weighted by Gasteiger charge is 2.09. The van der Waals surface area contributed by atoms with Crippen molar-refractivity contribution >= 4 is 22.7 Å². The monoisotopic (exact) mass is 280 g/mol. The highest BCUT2D eigenvalue weighted by molar-refractivity contribution is 5.91. The zero-order valence-electron chi connectivity index (χ0n) is 12.0. The van der Waals surface area contributed by atoms with Gasteiger partial charge in [0.1, 0.15) is 5.52 Å². The number of nitrogens with zero attached hydrogens (tertiary/aromatic N) is 1. The summed E-state index contributed by atoms with van der Waals surface area (Å²) in [5.41, 5.74) is 4.39. The van der Waals surface area contributed by atoms with Gasteiger partial charge in [0.2, 0.25) is 11.8 Å². The largest absolute Gasteiger partial charge is 0.436 e. The van der Waals surface area contributed by atoms with Crippen LogP contribution >= 0.6 is 0 Å². The summed E-state index contributed by atoms with van der Waals surface area (Å²) in [5, 5.41) is 2.74. The lowest BCUT2D eigenvalue weighted by molar-refractivity contribution is -0.114. The lowest BCUT2D eigenvalue weighted by atomic mass is 10.1. The molecule has 1 amide bonds. The number of hydrogen-bond donors (Lipinski definition) is 1. The maximum Gasteiger partial charge on any atom is 0.227 e. The Bertz CT molecular complexity index is 788. The third-order valence-electron chi connectivity index (χ3n) is 3.32. The lowest BCUT2D eigenvalue weighted by Gasteiger charge is -1.99. The first kappa shape index (κ1) is 13.4. The highest BCUT2D eigenvalue weighted by Crippen LogP contribution is 2.26. The molecule has 0 aliphatic heterocycles. The van der Waals surface area contributed by atoms with E-state index in [1.54, 1.807) is 6.07 Å². The van der Waals surface area contributed by atoms with Crippen LogP contribution in [-0.4, -0.2) is 10.9 Å². The number of benzene rings is 2. The van der Waals surface area contributed by atoms with E-state index in [0.29, 0.717) is 11.5 Å². The second kappa shape index (κ2) is 5.40. The number of carbonyl (C=O) groups excluding carboxylic acids is 1. The molecule has 4 nitrogen and oxygen atoms in total. The number of aryl methyl sites for hydroxylation is 1. The van der Waals surface area contributed by atoms with Crippen LogP contribution in [-0.2, 0) is 11.2 Å². The quantitative estimate of drug-likeness (QED) is 0.788. The van der Waals surface area contributed by atoms with Crippen LogP contribution in [0.5, 0.6) is 0 Å². The first-order valence-corrected chi connectivity index (χ1v) is 6.93. The zero-order valence-corrected chi connectivity index (χ0v) is 12.0. The van der Waals surface area contributed by atoms with E-state index in [-0.39, 0.29) is 5.91 Å². The van der Waals surface area contributed by atoms with Gasteiger partial charge in [-0.25, -0.2) is 4.98 Å². The van der Waals surface area contributed by atoms with Crippen molar-refractivity contribution in [3.05, 3.63) is 48.0 Å². The summed E-state index contributed by atoms with van der Waals surface area (Å²) in [6.07, 6.45) is 1.01. The smallest absolute Gasteiger partial charge is 0.227 e. The number of carbonyl (C=O) groups is 1. The topological polar surface area (TPSA) is 55.1 Å². The summed E-state index contributed by atoms with van der Waals surface area (Å²) in [6.45, 7) is 3.60. The normalized spacial score (nSPS) is 10.8. The molecule has 0 aliphatic rings. The van der Waals surface area contributed by atoms with E-state index in [4.69, 9.17) is 4.42 Å². The summed E-state index contributed by atoms with van der Waals surface area (Å²) >= 11 is 0. The van der Waals surface area contributed by atoms with Crippen molar-refractivity contribution in [2.75, 3.05) is 5.32 Å². The van der Waals surface area contributed by atoms with Crippen molar-refractivity contribution in [1.29, 1.82) is 0 Å². The van der Waals surface area contributed by atoms with Gasteiger partial charge in [-0.3, -0.25) is 4.79 Å². The van der Waals surface area contributed by atoms with Gasteiger partial charge in [0, 0.05) is 18.2 Å². The fourth-order valence-electron chi connectivity index (χ4n) is 2.21. The minimum Gasteiger partial charge on any atom is -0.436 e. The molecule has 4 heteroatoms. The maximum atomic E-state index is 11.1. The molecule has 0 radical (unpaired) electrons. The highest BCUT2D eigenvalue weighted by atomic mass is 16.3. The minimum absolute atomic E-state index is 0.103. The predicted octanol–water partition coefficient (Wildman–Crippen LogP) is 4.02. The molecule has 0 atom stereocenters. The Morgan fingerprint density at radius 2 is 1.95 bits per heavy atom. The van der Waals surface area contributed by atoms with Crippen molar-refractivity contribution in [2.24, 2.45) is 0 Å². The number of hydrogen-bond acceptors (Lipinski definition) is 3. The Morgan fingerprint density at radius 3 is 2.62 bits per heavy atom. The molecular formula is C17H16N2O2. The van der Waals surface area contributed by atoms with Crippen LogP contribution in [0.25, 0.3) is 22.6 Å². The molecular weight excluding hydrogens is 264 g/mol. The van der Waals surface area contributed by atoms with Crippen LogP contribution < -0.4 is 5.32 Å². The van der Waals surface area contributed by atoms with Gasteiger partial charge in [-0.15, -0.1) is 0 Å². The molecule has 21 heavy (non-hydrogen) atoms. The summed E-state index contributed by atoms with van der Waals surface area (Å²) < 4.78 is 5.76. The van der Waals surface area contributed by atoms with Gasteiger partial charge in [-0.2, -0.15) is 0 Å². The predicted molar refractivity (Wildman–Crippen MR) is 83.1 cm³/mol. The first-order chi connectivity index (χ1) is 10.2. The molecule has 0 saturated heterocycles. The first-order valence-electron chi connectivity index (χ1n) is 6.93. The lowest BCUT2D eigenvalue weighted by Crippen LogP contribution is -2.05. The summed E-state index contributed by atoms with van der Waals surface area (Å²) in [7, 11) is 0. The van der Waals surface area contributed by atoms with Crippen LogP contribution in [0.1, 0.15) is 19.4 Å². The van der Waals surface area contributed by atoms with E-state index in [1.165, 1.54) is 12.5 Å². The third-order valence-corrected chi connectivity index (χ3v) is 3.32. The molecule has 3 aromatic rings. The van der Waals surface area contributed by atoms with Crippen LogP contribution in [0, 0.1) is 0 Å². The van der Waals surface area contributed by atoms with E-state index in [1.807, 2.05) is 24.3 Å². The van der Waals surface area contributed by atoms with Gasteiger partial charge in [0.25, 0.3) is 0 Å². The van der Waals surface area contributed by atoms with Crippen molar-refractivity contribution in [1.82, 2.24) is 4.98 Å². The Morgan fingerprint density at radius 1 is 1.19 bits per heavy atom. The number of fused-ring (bicyclic) bond motifs is 1. The SMILES string of the molecule is CCc1ccc(-c2nc3cc(NC(C)=O)ccc3o2)cc1. The standard InChI is InChI=1S/C17H16N2O2/c1-3-12-4-6-13(7-5-12)17-19-15-10-14(18-11(2)20)8-9-16(15)21-17/h4-10H,3H2,1-2H3,(H,18,20). The number of oxazole rings is 1. The fourth-order valence-corrected chi connectivity index (χ4v) is 2.21. The van der Waals surface area contributed by atoms with Crippen LogP contribution in [0.3, 0.4) is 0 Å². The Hall–Kier alpha value is -2.62. The molecule has 0 bridgehead atoms. The molecule has 1 N–H and O–H groups in total. The molecule has 0 saturated carbocycles. The van der Waals surface area contributed by atoms with Crippen LogP contribution in [0.15, 0.2) is 46.9 Å². The molecule has 2 aromatic carbocycles. The van der Waals surface area contributed by atoms with Crippen molar-refractivity contribution in [2.45, 2.75) is 20.3 Å². The van der Waals surface area contributed by atoms with E-state index in [9.17, 15) is 4.79 Å². The van der Waals surface area contributed by atoms with Crippen LogP contribution in [0.4, 0.5) is 5.69 Å². The molecule has 3 rings (SSSR count). The van der Waals surface area contributed by atoms with E-state index in [0.717, 1.165) is 23.2 Å². The molecule has 1 heterocycles. The van der Waals surface area contributed by atoms with Gasteiger partial charge >= 0.3 is 0 Å². The molecule has 1 aromatic heterocycles. The van der Waals surface area contributed by atoms with E-state index < -0.39 is 0 Å². The molecule has 0 aliphatic carbocycles. The number of rotatable bonds is 3. The van der Waals surface area contributed by atoms with E-state index >= 15 is 0 Å². The number of aromatic nitrogens is 1. The molecule has 0 unspecified atom stereocenters. The summed E-state index contributed by atoms with van der Waals surface area (Å²) in [5.74, 6) is 0.487. The Kier molecular flexibility index (Phi) is 3.44. The Balaban J connectivity index is 1.97. The number of nitrogens with one attached hydrogen (secondary N) is 1. The van der Waals surface area contributed by atoms with Crippen molar-refractivity contribution in [3.63, 3.8) is 0 Å². The minimum atomic E-state index is -0.103. The van der Waals surface area contributed by atoms with Crippen molar-refractivity contribution < 1.29 is 9.21 Å². The average Bonchev–Trinajstić information content (AvgIpc) is 2.90. The molecule has 0 fully saturated rings. The maximum absolute atomic E-state index is 11.1. The van der Waals surface area contributed by atoms with Crippen molar-refractivity contribution in [3.8, 4) is 11.5 Å². The van der Waals surface area contributed by atoms with Crippen LogP contribution in [0.2, 0.25) is 0 Å². The Labute approximate surface area is 122 Å². The van der Waals surface area contributed by atoms with Gasteiger partial charge in [0.05, 0.1) is 0 Å². The second-order valence-electron chi connectivity index (χ2n) is 4.93. The summed E-state index contributed by atoms with van der Waals surface area (Å²) in [4.78, 5) is 15.6. The van der Waals surface area contributed by atoms with E-state index in [2.05, 4.69) is 29.4 Å². The van der Waals surface area contributed by atoms with Gasteiger partial charge in [-0.05, 0) is 42.3 Å². The molecule has 0 spiro atoms. The zero-order chi connectivity index (χ0) is 14.8. The van der Waals surface area contributed by atoms with Gasteiger partial charge < -0.3 is 9.73 Å². The molecule has 106 valence electrons. The van der Waals surface area contributed by atoms with Gasteiger partial charge in [-0.1, -0.05) is 19.1 Å².